The first-order chi connectivity index (χ1) is 16.1. The fourth-order valence-electron chi connectivity index (χ4n) is 3.56. The quantitative estimate of drug-likeness (QED) is 0.361. The van der Waals surface area contributed by atoms with Gasteiger partial charge < -0.3 is 14.8 Å². The van der Waals surface area contributed by atoms with Crippen molar-refractivity contribution < 1.29 is 14.3 Å². The van der Waals surface area contributed by atoms with Crippen LogP contribution in [0.25, 0.3) is 21.8 Å². The Bertz CT molecular complexity index is 1430. The molecule has 33 heavy (non-hydrogen) atoms. The molecule has 3 aromatic heterocycles. The monoisotopic (exact) mass is 460 g/mol. The average Bonchev–Trinajstić information content (AvgIpc) is 3.49. The van der Waals surface area contributed by atoms with E-state index in [1.54, 1.807) is 30.5 Å². The number of methoxy groups -OCH3 is 1. The highest BCUT2D eigenvalue weighted by Gasteiger charge is 2.18. The van der Waals surface area contributed by atoms with E-state index in [1.165, 1.54) is 13.4 Å². The van der Waals surface area contributed by atoms with Gasteiger partial charge in [0.2, 0.25) is 0 Å². The molecule has 9 nitrogen and oxygen atoms in total. The molecular formula is C23H20N6O3S. The fraction of sp³-hybridized carbons (Fsp3) is 0.174. The number of carbonyl (C=O) groups is 1. The van der Waals surface area contributed by atoms with Crippen molar-refractivity contribution in [2.45, 2.75) is 19.6 Å². The number of hydrogen-bond donors (Lipinski definition) is 1. The predicted octanol–water partition coefficient (Wildman–Crippen LogP) is 4.17. The number of anilines is 2. The molecule has 0 saturated heterocycles. The molecule has 0 fully saturated rings. The van der Waals surface area contributed by atoms with Crippen LogP contribution in [0.3, 0.4) is 0 Å². The number of ether oxygens (including phenoxy) is 2. The van der Waals surface area contributed by atoms with E-state index in [1.807, 2.05) is 46.6 Å². The van der Waals surface area contributed by atoms with Crippen LogP contribution in [0.1, 0.15) is 11.9 Å². The zero-order valence-corrected chi connectivity index (χ0v) is 18.7. The maximum Gasteiger partial charge on any atom is 0.346 e. The Morgan fingerprint density at radius 3 is 2.94 bits per heavy atom. The number of fused-ring (bicyclic) bond motifs is 2. The summed E-state index contributed by atoms with van der Waals surface area (Å²) in [5.41, 5.74) is 2.55. The van der Waals surface area contributed by atoms with Gasteiger partial charge in [-0.2, -0.15) is 5.10 Å². The molecule has 0 saturated carbocycles. The Morgan fingerprint density at radius 1 is 1.21 bits per heavy atom. The zero-order valence-electron chi connectivity index (χ0n) is 17.9. The van der Waals surface area contributed by atoms with Crippen LogP contribution in [-0.4, -0.2) is 43.9 Å². The number of aromatic nitrogens is 5. The third-order valence-electron chi connectivity index (χ3n) is 5.13. The molecule has 2 aromatic carbocycles. The van der Waals surface area contributed by atoms with Crippen molar-refractivity contribution in [3.05, 3.63) is 65.5 Å². The highest BCUT2D eigenvalue weighted by atomic mass is 32.1. The number of thiazole rings is 1. The highest BCUT2D eigenvalue weighted by molar-refractivity contribution is 7.09. The van der Waals surface area contributed by atoms with Crippen LogP contribution < -0.4 is 10.1 Å². The largest absolute Gasteiger partial charge is 0.478 e. The van der Waals surface area contributed by atoms with E-state index < -0.39 is 12.1 Å². The summed E-state index contributed by atoms with van der Waals surface area (Å²) in [6.07, 6.45) is 4.35. The molecule has 5 aromatic rings. The summed E-state index contributed by atoms with van der Waals surface area (Å²) in [6.45, 7) is 2.27. The minimum absolute atomic E-state index is 0.460. The summed E-state index contributed by atoms with van der Waals surface area (Å²) in [6, 6.07) is 11.5. The lowest BCUT2D eigenvalue weighted by molar-refractivity contribution is -0.147. The van der Waals surface area contributed by atoms with Gasteiger partial charge in [0.15, 0.2) is 6.10 Å². The molecule has 0 aliphatic rings. The number of hydrogen-bond acceptors (Lipinski definition) is 9. The Morgan fingerprint density at radius 2 is 2.12 bits per heavy atom. The van der Waals surface area contributed by atoms with Gasteiger partial charge in [-0.15, -0.1) is 11.3 Å². The van der Waals surface area contributed by atoms with Gasteiger partial charge in [-0.3, -0.25) is 4.68 Å². The summed E-state index contributed by atoms with van der Waals surface area (Å²) < 4.78 is 12.6. The molecule has 1 N–H and O–H groups in total. The van der Waals surface area contributed by atoms with Crippen molar-refractivity contribution in [1.82, 2.24) is 24.7 Å². The van der Waals surface area contributed by atoms with Crippen molar-refractivity contribution in [2.24, 2.45) is 0 Å². The molecule has 1 atom stereocenters. The van der Waals surface area contributed by atoms with Gasteiger partial charge >= 0.3 is 5.97 Å². The smallest absolute Gasteiger partial charge is 0.346 e. The summed E-state index contributed by atoms with van der Waals surface area (Å²) in [7, 11) is 1.33. The van der Waals surface area contributed by atoms with Crippen LogP contribution in [0, 0.1) is 0 Å². The lowest BCUT2D eigenvalue weighted by atomic mass is 10.2. The van der Waals surface area contributed by atoms with Gasteiger partial charge in [0.25, 0.3) is 0 Å². The summed E-state index contributed by atoms with van der Waals surface area (Å²) in [5.74, 6) is 0.603. The van der Waals surface area contributed by atoms with Gasteiger partial charge in [0, 0.05) is 22.7 Å². The molecule has 0 amide bonds. The van der Waals surface area contributed by atoms with Crippen molar-refractivity contribution in [1.29, 1.82) is 0 Å². The van der Waals surface area contributed by atoms with Gasteiger partial charge in [-0.1, -0.05) is 6.07 Å². The predicted molar refractivity (Wildman–Crippen MR) is 126 cm³/mol. The van der Waals surface area contributed by atoms with Crippen molar-refractivity contribution in [2.75, 3.05) is 12.4 Å². The van der Waals surface area contributed by atoms with Crippen LogP contribution in [-0.2, 0) is 16.1 Å². The zero-order chi connectivity index (χ0) is 22.8. The van der Waals surface area contributed by atoms with E-state index >= 15 is 0 Å². The van der Waals surface area contributed by atoms with Crippen LogP contribution >= 0.6 is 11.3 Å². The van der Waals surface area contributed by atoms with Crippen molar-refractivity contribution in [3.63, 3.8) is 0 Å². The van der Waals surface area contributed by atoms with E-state index in [9.17, 15) is 4.79 Å². The Hall–Kier alpha value is -4.05. The summed E-state index contributed by atoms with van der Waals surface area (Å²) >= 11 is 1.61. The van der Waals surface area contributed by atoms with Gasteiger partial charge in [0.1, 0.15) is 22.9 Å². The van der Waals surface area contributed by atoms with Crippen LogP contribution in [0.5, 0.6) is 5.75 Å². The number of esters is 1. The standard InChI is InChI=1S/C23H20N6O3S/c1-14(23(30)31-2)32-19-5-3-4-17-21(19)22(26-13-25-17)28-16-6-7-18-15(10-16)11-27-29(18)12-20-24-8-9-33-20/h3-11,13-14H,12H2,1-2H3,(H,25,26,28)/t14-/m1/s1. The number of benzene rings is 2. The number of nitrogens with zero attached hydrogens (tertiary/aromatic N) is 5. The molecule has 0 bridgehead atoms. The molecule has 3 heterocycles. The average molecular weight is 461 g/mol. The molecule has 0 aliphatic carbocycles. The third kappa shape index (κ3) is 4.20. The normalized spacial score (nSPS) is 12.1. The number of rotatable bonds is 7. The molecule has 5 rings (SSSR count). The summed E-state index contributed by atoms with van der Waals surface area (Å²) in [4.78, 5) is 24.9. The second-order valence-electron chi connectivity index (χ2n) is 7.28. The molecule has 0 radical (unpaired) electrons. The number of nitrogens with one attached hydrogen (secondary N) is 1. The SMILES string of the molecule is COC(=O)[C@@H](C)Oc1cccc2ncnc(Nc3ccc4c(cnn4Cc4nccs4)c3)c12. The molecule has 0 spiro atoms. The van der Waals surface area contributed by atoms with Crippen LogP contribution in [0.2, 0.25) is 0 Å². The lowest BCUT2D eigenvalue weighted by Gasteiger charge is -2.16. The lowest BCUT2D eigenvalue weighted by Crippen LogP contribution is -2.25. The van der Waals surface area contributed by atoms with Gasteiger partial charge in [0.05, 0.1) is 36.3 Å². The van der Waals surface area contributed by atoms with E-state index in [2.05, 4.69) is 25.4 Å². The number of carbonyl (C=O) groups excluding carboxylic acids is 1. The second kappa shape index (κ2) is 8.83. The maximum absolute atomic E-state index is 11.8. The van der Waals surface area contributed by atoms with E-state index in [4.69, 9.17) is 9.47 Å². The summed E-state index contributed by atoms with van der Waals surface area (Å²) in [5, 5.41) is 12.5. The Kier molecular flexibility index (Phi) is 5.57. The van der Waals surface area contributed by atoms with Crippen molar-refractivity contribution >= 4 is 50.6 Å². The second-order valence-corrected chi connectivity index (χ2v) is 8.26. The Labute approximate surface area is 193 Å². The fourth-order valence-corrected chi connectivity index (χ4v) is 4.16. The molecule has 0 unspecified atom stereocenters. The van der Waals surface area contributed by atoms with Gasteiger partial charge in [-0.25, -0.2) is 19.7 Å². The first-order valence-electron chi connectivity index (χ1n) is 10.2. The Balaban J connectivity index is 1.46. The van der Waals surface area contributed by atoms with E-state index in [0.29, 0.717) is 29.0 Å². The molecule has 10 heteroatoms. The minimum atomic E-state index is -0.770. The topological polar surface area (TPSA) is 104 Å². The van der Waals surface area contributed by atoms with Crippen molar-refractivity contribution in [3.8, 4) is 5.75 Å². The van der Waals surface area contributed by atoms with Crippen LogP contribution in [0.15, 0.2) is 60.5 Å². The third-order valence-corrected chi connectivity index (χ3v) is 5.90. The highest BCUT2D eigenvalue weighted by Crippen LogP contribution is 2.33. The van der Waals surface area contributed by atoms with E-state index in [-0.39, 0.29) is 0 Å². The molecule has 166 valence electrons. The van der Waals surface area contributed by atoms with Crippen LogP contribution in [0.4, 0.5) is 11.5 Å². The van der Waals surface area contributed by atoms with E-state index in [0.717, 1.165) is 21.6 Å². The minimum Gasteiger partial charge on any atom is -0.478 e. The molecule has 0 aliphatic heterocycles. The maximum atomic E-state index is 11.8. The first kappa shape index (κ1) is 20.8. The molecular weight excluding hydrogens is 440 g/mol. The first-order valence-corrected chi connectivity index (χ1v) is 11.1. The van der Waals surface area contributed by atoms with Gasteiger partial charge in [-0.05, 0) is 37.3 Å².